The summed E-state index contributed by atoms with van der Waals surface area (Å²) in [7, 11) is 0. The van der Waals surface area contributed by atoms with Crippen molar-refractivity contribution in [2.45, 2.75) is 40.0 Å². The van der Waals surface area contributed by atoms with Crippen LogP contribution in [0, 0.1) is 13.8 Å². The second-order valence-electron chi connectivity index (χ2n) is 8.91. The van der Waals surface area contributed by atoms with E-state index >= 15 is 0 Å². The maximum atomic E-state index is 12.3. The number of rotatable bonds is 8. The van der Waals surface area contributed by atoms with Crippen LogP contribution in [0.25, 0.3) is 11.4 Å². The van der Waals surface area contributed by atoms with Crippen LogP contribution >= 0.6 is 0 Å². The number of carbonyl (C=O) groups is 2. The molecule has 0 radical (unpaired) electrons. The topological polar surface area (TPSA) is 106 Å². The lowest BCUT2D eigenvalue weighted by molar-refractivity contribution is -0.123. The molecule has 3 rings (SSSR count). The molecule has 3 aromatic rings. The highest BCUT2D eigenvalue weighted by atomic mass is 16.5. The average Bonchev–Trinajstić information content (AvgIpc) is 3.26. The van der Waals surface area contributed by atoms with Crippen molar-refractivity contribution in [2.75, 3.05) is 19.7 Å². The van der Waals surface area contributed by atoms with Crippen molar-refractivity contribution in [1.82, 2.24) is 20.8 Å². The lowest BCUT2D eigenvalue weighted by atomic mass is 9.87. The van der Waals surface area contributed by atoms with Gasteiger partial charge >= 0.3 is 11.8 Å². The van der Waals surface area contributed by atoms with E-state index in [1.54, 1.807) is 0 Å². The van der Waals surface area contributed by atoms with Crippen LogP contribution in [0.3, 0.4) is 0 Å². The Bertz CT molecular complexity index is 1110. The highest BCUT2D eigenvalue weighted by Gasteiger charge is 2.17. The zero-order valence-electron chi connectivity index (χ0n) is 19.7. The number of nitrogens with one attached hydrogen (secondary N) is 2. The Labute approximate surface area is 193 Å². The van der Waals surface area contributed by atoms with Gasteiger partial charge in [-0.05, 0) is 36.5 Å². The molecular weight excluding hydrogens is 420 g/mol. The van der Waals surface area contributed by atoms with E-state index in [4.69, 9.17) is 9.26 Å². The molecule has 8 heteroatoms. The first-order valence-electron chi connectivity index (χ1n) is 10.8. The number of aromatic nitrogens is 2. The van der Waals surface area contributed by atoms with E-state index in [2.05, 4.69) is 41.5 Å². The van der Waals surface area contributed by atoms with Crippen molar-refractivity contribution in [3.63, 3.8) is 0 Å². The maximum Gasteiger partial charge on any atom is 0.316 e. The Morgan fingerprint density at radius 3 is 2.36 bits per heavy atom. The van der Waals surface area contributed by atoms with Crippen molar-refractivity contribution in [1.29, 1.82) is 0 Å². The molecule has 2 N–H and O–H groups in total. The lowest BCUT2D eigenvalue weighted by Crippen LogP contribution is -2.36. The molecule has 0 saturated carbocycles. The summed E-state index contributed by atoms with van der Waals surface area (Å²) in [6.07, 6.45) is 0. The van der Waals surface area contributed by atoms with Gasteiger partial charge in [-0.25, -0.2) is 0 Å². The molecule has 0 aliphatic carbocycles. The minimum atomic E-state index is -0.499. The number of carbonyl (C=O) groups excluding carboxylic acids is 2. The molecule has 0 unspecified atom stereocenters. The molecule has 1 heterocycles. The predicted molar refractivity (Wildman–Crippen MR) is 125 cm³/mol. The van der Waals surface area contributed by atoms with Crippen LogP contribution in [0.2, 0.25) is 0 Å². The lowest BCUT2D eigenvalue weighted by Gasteiger charge is -2.18. The first kappa shape index (κ1) is 24.0. The molecule has 33 heavy (non-hydrogen) atoms. The summed E-state index contributed by atoms with van der Waals surface area (Å²) in [4.78, 5) is 28.4. The predicted octanol–water partition coefficient (Wildman–Crippen LogP) is 3.58. The minimum Gasteiger partial charge on any atom is -0.484 e. The van der Waals surface area contributed by atoms with Crippen molar-refractivity contribution in [2.24, 2.45) is 0 Å². The molecule has 1 aromatic heterocycles. The molecule has 2 amide bonds. The molecule has 0 saturated heterocycles. The van der Waals surface area contributed by atoms with Crippen molar-refractivity contribution < 1.29 is 18.8 Å². The Kier molecular flexibility index (Phi) is 7.48. The molecule has 174 valence electrons. The zero-order valence-corrected chi connectivity index (χ0v) is 19.7. The Morgan fingerprint density at radius 1 is 1.00 bits per heavy atom. The fourth-order valence-electron chi connectivity index (χ4n) is 3.16. The van der Waals surface area contributed by atoms with E-state index in [1.807, 2.05) is 56.3 Å². The normalized spacial score (nSPS) is 11.2. The van der Waals surface area contributed by atoms with Crippen LogP contribution in [-0.4, -0.2) is 41.7 Å². The van der Waals surface area contributed by atoms with E-state index in [-0.39, 0.29) is 36.9 Å². The fourth-order valence-corrected chi connectivity index (χ4v) is 3.16. The second-order valence-corrected chi connectivity index (χ2v) is 8.91. The van der Waals surface area contributed by atoms with Crippen LogP contribution < -0.4 is 15.4 Å². The summed E-state index contributed by atoms with van der Waals surface area (Å²) in [5, 5.41) is 9.23. The number of hydrogen-bond donors (Lipinski definition) is 2. The van der Waals surface area contributed by atoms with E-state index in [0.717, 1.165) is 16.7 Å². The SMILES string of the molecule is Cc1ccc(OCC(=O)NCCNC(=O)c2nc(-c3ccc(C(C)(C)C)cc3)no2)c(C)c1. The standard InChI is InChI=1S/C25H30N4O4/c1-16-6-11-20(17(2)14-16)32-15-21(30)26-12-13-27-23(31)24-28-22(29-33-24)18-7-9-19(10-8-18)25(3,4)5/h6-11,14H,12-13,15H2,1-5H3,(H,26,30)(H,27,31). The number of nitrogens with zero attached hydrogens (tertiary/aromatic N) is 2. The van der Waals surface area contributed by atoms with E-state index in [0.29, 0.717) is 11.6 Å². The van der Waals surface area contributed by atoms with Gasteiger partial charge in [0, 0.05) is 18.7 Å². The Hall–Kier alpha value is -3.68. The quantitative estimate of drug-likeness (QED) is 0.508. The molecule has 0 fully saturated rings. The summed E-state index contributed by atoms with van der Waals surface area (Å²) >= 11 is 0. The van der Waals surface area contributed by atoms with Crippen LogP contribution in [0.4, 0.5) is 0 Å². The van der Waals surface area contributed by atoms with Gasteiger partial charge in [-0.15, -0.1) is 0 Å². The number of aryl methyl sites for hydroxylation is 2. The van der Waals surface area contributed by atoms with Crippen molar-refractivity contribution in [3.05, 3.63) is 65.0 Å². The molecule has 8 nitrogen and oxygen atoms in total. The van der Waals surface area contributed by atoms with E-state index < -0.39 is 5.91 Å². The van der Waals surface area contributed by atoms with Crippen LogP contribution in [0.15, 0.2) is 47.0 Å². The molecule has 0 bridgehead atoms. The maximum absolute atomic E-state index is 12.3. The number of hydrogen-bond acceptors (Lipinski definition) is 6. The Balaban J connectivity index is 1.42. The molecule has 0 atom stereocenters. The van der Waals surface area contributed by atoms with Crippen LogP contribution in [-0.2, 0) is 10.2 Å². The first-order valence-corrected chi connectivity index (χ1v) is 10.8. The van der Waals surface area contributed by atoms with Gasteiger partial charge in [0.2, 0.25) is 5.82 Å². The van der Waals surface area contributed by atoms with E-state index in [9.17, 15) is 9.59 Å². The third-order valence-electron chi connectivity index (χ3n) is 5.05. The summed E-state index contributed by atoms with van der Waals surface area (Å²) < 4.78 is 10.6. The zero-order chi connectivity index (χ0) is 24.0. The van der Waals surface area contributed by atoms with E-state index in [1.165, 1.54) is 5.56 Å². The third-order valence-corrected chi connectivity index (χ3v) is 5.05. The molecule has 0 aliphatic rings. The van der Waals surface area contributed by atoms with Gasteiger partial charge in [0.05, 0.1) is 0 Å². The molecule has 0 spiro atoms. The van der Waals surface area contributed by atoms with Crippen LogP contribution in [0.5, 0.6) is 5.75 Å². The van der Waals surface area contributed by atoms with Crippen molar-refractivity contribution >= 4 is 11.8 Å². The molecule has 2 aromatic carbocycles. The fraction of sp³-hybridized carbons (Fsp3) is 0.360. The minimum absolute atomic E-state index is 0.0436. The number of amides is 2. The Morgan fingerprint density at radius 2 is 1.70 bits per heavy atom. The number of benzene rings is 2. The number of ether oxygens (including phenoxy) is 1. The summed E-state index contributed by atoms with van der Waals surface area (Å²) in [5.41, 5.74) is 4.10. The summed E-state index contributed by atoms with van der Waals surface area (Å²) in [5.74, 6) is 0.111. The van der Waals surface area contributed by atoms with Gasteiger partial charge in [-0.2, -0.15) is 4.98 Å². The van der Waals surface area contributed by atoms with Gasteiger partial charge in [-0.3, -0.25) is 9.59 Å². The first-order chi connectivity index (χ1) is 15.6. The highest BCUT2D eigenvalue weighted by molar-refractivity contribution is 5.89. The molecule has 0 aliphatic heterocycles. The van der Waals surface area contributed by atoms with Crippen molar-refractivity contribution in [3.8, 4) is 17.1 Å². The monoisotopic (exact) mass is 450 g/mol. The average molecular weight is 451 g/mol. The van der Waals surface area contributed by atoms with Gasteiger partial charge in [0.25, 0.3) is 5.91 Å². The third kappa shape index (κ3) is 6.65. The van der Waals surface area contributed by atoms with Gasteiger partial charge < -0.3 is 19.9 Å². The van der Waals surface area contributed by atoms with Gasteiger partial charge in [0.15, 0.2) is 6.61 Å². The summed E-state index contributed by atoms with van der Waals surface area (Å²) in [6.45, 7) is 10.7. The molecular formula is C25H30N4O4. The highest BCUT2D eigenvalue weighted by Crippen LogP contribution is 2.25. The second kappa shape index (κ2) is 10.3. The largest absolute Gasteiger partial charge is 0.484 e. The summed E-state index contributed by atoms with van der Waals surface area (Å²) in [6, 6.07) is 13.6. The van der Waals surface area contributed by atoms with Crippen LogP contribution in [0.1, 0.15) is 48.1 Å². The smallest absolute Gasteiger partial charge is 0.316 e. The van der Waals surface area contributed by atoms with Gasteiger partial charge in [-0.1, -0.05) is 67.9 Å². The van der Waals surface area contributed by atoms with Gasteiger partial charge in [0.1, 0.15) is 5.75 Å².